The molecule has 9 heteroatoms. The first-order valence-corrected chi connectivity index (χ1v) is 11.6. The van der Waals surface area contributed by atoms with Crippen LogP contribution in [0.1, 0.15) is 89.9 Å². The summed E-state index contributed by atoms with van der Waals surface area (Å²) in [4.78, 5) is 36.8. The van der Waals surface area contributed by atoms with E-state index < -0.39 is 11.7 Å². The molecular weight excluding hydrogens is 412 g/mol. The molecule has 0 aromatic carbocycles. The molecule has 4 atom stereocenters. The van der Waals surface area contributed by atoms with Crippen LogP contribution in [0.25, 0.3) is 0 Å². The summed E-state index contributed by atoms with van der Waals surface area (Å²) in [6.45, 7) is 11.2. The van der Waals surface area contributed by atoms with Gasteiger partial charge in [-0.2, -0.15) is 0 Å². The van der Waals surface area contributed by atoms with Crippen molar-refractivity contribution >= 4 is 17.9 Å². The number of nitrogens with one attached hydrogen (secondary N) is 3. The standard InChI is InChI=1S/C23H38N4O5/c1-7-15-12-16(25-20(28)11-14(3)24-22(30)31-23(4,5)6)9-10-18(15)26-21(29)19-13-17(8-2)32-27-19/h13-16,18H,7-12H2,1-6H3,(H,24,30)(H,25,28)(H,26,29)/t14-,15-,16+,18+/m0/s1. The number of carbonyl (C=O) groups excluding carboxylic acids is 3. The van der Waals surface area contributed by atoms with Gasteiger partial charge in [-0.1, -0.05) is 25.4 Å². The molecule has 180 valence electrons. The van der Waals surface area contributed by atoms with Crippen molar-refractivity contribution in [3.63, 3.8) is 0 Å². The number of ether oxygens (including phenoxy) is 1. The Kier molecular flexibility index (Phi) is 9.09. The molecule has 1 heterocycles. The molecule has 0 aliphatic heterocycles. The van der Waals surface area contributed by atoms with E-state index in [-0.39, 0.29) is 42.3 Å². The third-order valence-electron chi connectivity index (χ3n) is 5.58. The van der Waals surface area contributed by atoms with E-state index in [1.54, 1.807) is 33.8 Å². The van der Waals surface area contributed by atoms with E-state index >= 15 is 0 Å². The minimum absolute atomic E-state index is 0.0372. The van der Waals surface area contributed by atoms with Gasteiger partial charge in [0.2, 0.25) is 5.91 Å². The lowest BCUT2D eigenvalue weighted by molar-refractivity contribution is -0.122. The zero-order valence-corrected chi connectivity index (χ0v) is 20.1. The number of aromatic nitrogens is 1. The Bertz CT molecular complexity index is 786. The number of hydrogen-bond acceptors (Lipinski definition) is 6. The normalized spacial score (nSPS) is 22.0. The minimum Gasteiger partial charge on any atom is -0.444 e. The molecular formula is C23H38N4O5. The molecule has 9 nitrogen and oxygen atoms in total. The highest BCUT2D eigenvalue weighted by Crippen LogP contribution is 2.28. The van der Waals surface area contributed by atoms with Crippen molar-refractivity contribution in [1.29, 1.82) is 0 Å². The quantitative estimate of drug-likeness (QED) is 0.558. The van der Waals surface area contributed by atoms with Crippen LogP contribution in [-0.2, 0) is 16.0 Å². The Morgan fingerprint density at radius 2 is 1.94 bits per heavy atom. The number of amides is 3. The number of hydrogen-bond donors (Lipinski definition) is 3. The second-order valence-corrected chi connectivity index (χ2v) is 9.61. The predicted octanol–water partition coefficient (Wildman–Crippen LogP) is 3.33. The second kappa shape index (κ2) is 11.3. The van der Waals surface area contributed by atoms with Gasteiger partial charge in [0.05, 0.1) is 0 Å². The van der Waals surface area contributed by atoms with Crippen LogP contribution in [0.2, 0.25) is 0 Å². The van der Waals surface area contributed by atoms with Crippen LogP contribution in [0.5, 0.6) is 0 Å². The predicted molar refractivity (Wildman–Crippen MR) is 120 cm³/mol. The average molecular weight is 451 g/mol. The summed E-state index contributed by atoms with van der Waals surface area (Å²) in [5.74, 6) is 0.615. The average Bonchev–Trinajstić information content (AvgIpc) is 3.16. The summed E-state index contributed by atoms with van der Waals surface area (Å²) >= 11 is 0. The van der Waals surface area contributed by atoms with Crippen LogP contribution in [0.15, 0.2) is 10.6 Å². The van der Waals surface area contributed by atoms with Gasteiger partial charge in [0.25, 0.3) is 5.91 Å². The molecule has 0 spiro atoms. The van der Waals surface area contributed by atoms with Crippen molar-refractivity contribution in [2.75, 3.05) is 0 Å². The van der Waals surface area contributed by atoms with Crippen molar-refractivity contribution in [1.82, 2.24) is 21.1 Å². The largest absolute Gasteiger partial charge is 0.444 e. The van der Waals surface area contributed by atoms with Gasteiger partial charge >= 0.3 is 6.09 Å². The van der Waals surface area contributed by atoms with Crippen molar-refractivity contribution in [2.24, 2.45) is 5.92 Å². The van der Waals surface area contributed by atoms with Gasteiger partial charge in [-0.15, -0.1) is 0 Å². The van der Waals surface area contributed by atoms with Crippen LogP contribution in [0.4, 0.5) is 4.79 Å². The lowest BCUT2D eigenvalue weighted by Crippen LogP contribution is -2.49. The lowest BCUT2D eigenvalue weighted by atomic mass is 9.80. The third-order valence-corrected chi connectivity index (χ3v) is 5.58. The third kappa shape index (κ3) is 8.16. The van der Waals surface area contributed by atoms with Crippen LogP contribution >= 0.6 is 0 Å². The molecule has 1 saturated carbocycles. The smallest absolute Gasteiger partial charge is 0.407 e. The van der Waals surface area contributed by atoms with E-state index in [4.69, 9.17) is 9.26 Å². The topological polar surface area (TPSA) is 123 Å². The van der Waals surface area contributed by atoms with Crippen molar-refractivity contribution in [3.05, 3.63) is 17.5 Å². The summed E-state index contributed by atoms with van der Waals surface area (Å²) in [5, 5.41) is 12.7. The van der Waals surface area contributed by atoms with E-state index in [1.807, 2.05) is 6.92 Å². The van der Waals surface area contributed by atoms with Gasteiger partial charge in [0.15, 0.2) is 5.69 Å². The number of alkyl carbamates (subject to hydrolysis) is 1. The van der Waals surface area contributed by atoms with Crippen molar-refractivity contribution in [2.45, 2.75) is 104 Å². The fourth-order valence-electron chi connectivity index (χ4n) is 3.99. The molecule has 1 aliphatic rings. The maximum Gasteiger partial charge on any atom is 0.407 e. The Morgan fingerprint density at radius 3 is 2.53 bits per heavy atom. The van der Waals surface area contributed by atoms with E-state index in [0.717, 1.165) is 25.7 Å². The first kappa shape index (κ1) is 25.7. The summed E-state index contributed by atoms with van der Waals surface area (Å²) in [5.41, 5.74) is -0.278. The Hall–Kier alpha value is -2.58. The SMILES string of the molecule is CCc1cc(C(=O)N[C@@H]2CC[C@@H](NC(=O)C[C@H](C)NC(=O)OC(C)(C)C)C[C@@H]2CC)no1. The van der Waals surface area contributed by atoms with Crippen LogP contribution in [0, 0.1) is 5.92 Å². The molecule has 1 fully saturated rings. The van der Waals surface area contributed by atoms with E-state index in [1.165, 1.54) is 0 Å². The molecule has 32 heavy (non-hydrogen) atoms. The molecule has 3 N–H and O–H groups in total. The highest BCUT2D eigenvalue weighted by Gasteiger charge is 2.32. The lowest BCUT2D eigenvalue weighted by Gasteiger charge is -2.36. The highest BCUT2D eigenvalue weighted by molar-refractivity contribution is 5.92. The monoisotopic (exact) mass is 450 g/mol. The molecule has 2 rings (SSSR count). The van der Waals surface area contributed by atoms with Gasteiger partial charge in [-0.25, -0.2) is 4.79 Å². The van der Waals surface area contributed by atoms with E-state index in [2.05, 4.69) is 28.0 Å². The molecule has 1 aliphatic carbocycles. The molecule has 0 unspecified atom stereocenters. The first-order valence-electron chi connectivity index (χ1n) is 11.6. The van der Waals surface area contributed by atoms with E-state index in [9.17, 15) is 14.4 Å². The summed E-state index contributed by atoms with van der Waals surface area (Å²) in [6.07, 6.45) is 3.58. The first-order chi connectivity index (χ1) is 15.0. The molecule has 1 aromatic rings. The maximum absolute atomic E-state index is 12.5. The number of rotatable bonds is 8. The fourth-order valence-corrected chi connectivity index (χ4v) is 3.99. The molecule has 1 aromatic heterocycles. The molecule has 0 radical (unpaired) electrons. The summed E-state index contributed by atoms with van der Waals surface area (Å²) in [6, 6.07) is 1.43. The minimum atomic E-state index is -0.582. The summed E-state index contributed by atoms with van der Waals surface area (Å²) < 4.78 is 10.3. The van der Waals surface area contributed by atoms with Crippen molar-refractivity contribution in [3.8, 4) is 0 Å². The fraction of sp³-hybridized carbons (Fsp3) is 0.739. The van der Waals surface area contributed by atoms with Crippen LogP contribution in [-0.4, -0.2) is 46.8 Å². The molecule has 0 bridgehead atoms. The number of nitrogens with zero attached hydrogens (tertiary/aromatic N) is 1. The van der Waals surface area contributed by atoms with Gasteiger partial charge in [-0.3, -0.25) is 9.59 Å². The van der Waals surface area contributed by atoms with Crippen LogP contribution in [0.3, 0.4) is 0 Å². The zero-order valence-electron chi connectivity index (χ0n) is 20.1. The zero-order chi connectivity index (χ0) is 23.9. The Labute approximate surface area is 190 Å². The Balaban J connectivity index is 1.80. The summed E-state index contributed by atoms with van der Waals surface area (Å²) in [7, 11) is 0. The maximum atomic E-state index is 12.5. The molecule has 3 amide bonds. The number of aryl methyl sites for hydroxylation is 1. The van der Waals surface area contributed by atoms with Crippen molar-refractivity contribution < 1.29 is 23.6 Å². The van der Waals surface area contributed by atoms with Gasteiger partial charge in [0, 0.05) is 37.0 Å². The van der Waals surface area contributed by atoms with Crippen LogP contribution < -0.4 is 16.0 Å². The number of carbonyl (C=O) groups is 3. The Morgan fingerprint density at radius 1 is 1.22 bits per heavy atom. The highest BCUT2D eigenvalue weighted by atomic mass is 16.6. The second-order valence-electron chi connectivity index (χ2n) is 9.61. The van der Waals surface area contributed by atoms with E-state index in [0.29, 0.717) is 17.9 Å². The van der Waals surface area contributed by atoms with Gasteiger partial charge in [-0.05, 0) is 52.9 Å². The molecule has 0 saturated heterocycles. The van der Waals surface area contributed by atoms with Gasteiger partial charge in [0.1, 0.15) is 11.4 Å². The van der Waals surface area contributed by atoms with Gasteiger partial charge < -0.3 is 25.2 Å².